The maximum atomic E-state index is 12.8. The number of anilines is 1. The third-order valence-corrected chi connectivity index (χ3v) is 7.07. The van der Waals surface area contributed by atoms with E-state index in [9.17, 15) is 18.0 Å². The van der Waals surface area contributed by atoms with Crippen molar-refractivity contribution < 1.29 is 18.0 Å². The van der Waals surface area contributed by atoms with E-state index in [1.54, 1.807) is 36.4 Å². The lowest BCUT2D eigenvalue weighted by Crippen LogP contribution is -2.51. The number of hydrogen-bond acceptors (Lipinski definition) is 5. The van der Waals surface area contributed by atoms with E-state index in [0.717, 1.165) is 12.8 Å². The summed E-state index contributed by atoms with van der Waals surface area (Å²) in [6.07, 6.45) is 2.40. The van der Waals surface area contributed by atoms with Gasteiger partial charge in [0, 0.05) is 16.6 Å². The smallest absolute Gasteiger partial charge is 0.261 e. The molecule has 8 nitrogen and oxygen atoms in total. The van der Waals surface area contributed by atoms with Gasteiger partial charge in [-0.3, -0.25) is 20.4 Å². The van der Waals surface area contributed by atoms with Crippen LogP contribution in [0.15, 0.2) is 53.4 Å². The summed E-state index contributed by atoms with van der Waals surface area (Å²) in [4.78, 5) is 25.5. The fourth-order valence-corrected chi connectivity index (χ4v) is 4.38. The zero-order valence-electron chi connectivity index (χ0n) is 17.9. The van der Waals surface area contributed by atoms with Crippen molar-refractivity contribution in [3.05, 3.63) is 59.1 Å². The molecule has 2 amide bonds. The average molecular weight is 479 g/mol. The molecule has 2 aromatic carbocycles. The standard InChI is InChI=1S/C22H27ClN4O4S/c1-3-14(2)20(24-21(28)15-4-6-16(23)7-5-15)22(29)26-25-17-10-12-19(13-11-17)32(30,31)27-18-8-9-18/h4-7,10-14,18,20,25,27H,3,8-9H2,1-2H3,(H,24,28)(H,26,29). The average Bonchev–Trinajstić information content (AvgIpc) is 3.59. The Hall–Kier alpha value is -2.62. The van der Waals surface area contributed by atoms with Crippen LogP contribution in [-0.2, 0) is 14.8 Å². The molecule has 2 atom stereocenters. The van der Waals surface area contributed by atoms with Gasteiger partial charge in [0.25, 0.3) is 11.8 Å². The van der Waals surface area contributed by atoms with Gasteiger partial charge in [-0.2, -0.15) is 0 Å². The Balaban J connectivity index is 1.61. The van der Waals surface area contributed by atoms with Crippen molar-refractivity contribution in [3.63, 3.8) is 0 Å². The highest BCUT2D eigenvalue weighted by molar-refractivity contribution is 7.89. The number of hydrazine groups is 1. The van der Waals surface area contributed by atoms with Crippen LogP contribution in [0.25, 0.3) is 0 Å². The molecule has 32 heavy (non-hydrogen) atoms. The van der Waals surface area contributed by atoms with Crippen molar-refractivity contribution in [3.8, 4) is 0 Å². The minimum Gasteiger partial charge on any atom is -0.340 e. The first kappa shape index (κ1) is 24.0. The fraction of sp³-hybridized carbons (Fsp3) is 0.364. The van der Waals surface area contributed by atoms with E-state index in [-0.39, 0.29) is 22.8 Å². The van der Waals surface area contributed by atoms with Gasteiger partial charge in [-0.25, -0.2) is 13.1 Å². The monoisotopic (exact) mass is 478 g/mol. The highest BCUT2D eigenvalue weighted by Gasteiger charge is 2.28. The molecule has 0 bridgehead atoms. The van der Waals surface area contributed by atoms with Gasteiger partial charge in [0.15, 0.2) is 0 Å². The number of amides is 2. The maximum Gasteiger partial charge on any atom is 0.261 e. The zero-order valence-corrected chi connectivity index (χ0v) is 19.5. The number of halogens is 1. The molecule has 1 saturated carbocycles. The largest absolute Gasteiger partial charge is 0.340 e. The Kier molecular flexibility index (Phi) is 7.76. The van der Waals surface area contributed by atoms with Gasteiger partial charge >= 0.3 is 0 Å². The van der Waals surface area contributed by atoms with E-state index < -0.39 is 22.0 Å². The van der Waals surface area contributed by atoms with Crippen LogP contribution in [0.5, 0.6) is 0 Å². The summed E-state index contributed by atoms with van der Waals surface area (Å²) < 4.78 is 27.1. The first-order chi connectivity index (χ1) is 15.2. The summed E-state index contributed by atoms with van der Waals surface area (Å²) in [7, 11) is -3.54. The SMILES string of the molecule is CCC(C)C(NC(=O)c1ccc(Cl)cc1)C(=O)NNc1ccc(S(=O)(=O)NC2CC2)cc1. The molecular weight excluding hydrogens is 452 g/mol. The quantitative estimate of drug-likeness (QED) is 0.391. The first-order valence-corrected chi connectivity index (χ1v) is 12.3. The lowest BCUT2D eigenvalue weighted by atomic mass is 9.98. The third kappa shape index (κ3) is 6.44. The van der Waals surface area contributed by atoms with Crippen LogP contribution >= 0.6 is 11.6 Å². The zero-order chi connectivity index (χ0) is 23.3. The minimum atomic E-state index is -3.54. The van der Waals surface area contributed by atoms with Gasteiger partial charge in [0.05, 0.1) is 10.6 Å². The number of hydrogen-bond donors (Lipinski definition) is 4. The van der Waals surface area contributed by atoms with Crippen LogP contribution in [0.2, 0.25) is 5.02 Å². The Labute approximate surface area is 193 Å². The second-order valence-corrected chi connectivity index (χ2v) is 10.0. The molecule has 2 unspecified atom stereocenters. The summed E-state index contributed by atoms with van der Waals surface area (Å²) in [6, 6.07) is 11.7. The number of carbonyl (C=O) groups is 2. The predicted molar refractivity (Wildman–Crippen MR) is 124 cm³/mol. The van der Waals surface area contributed by atoms with Gasteiger partial charge in [0.1, 0.15) is 6.04 Å². The molecule has 0 heterocycles. The van der Waals surface area contributed by atoms with Crippen LogP contribution < -0.4 is 20.9 Å². The summed E-state index contributed by atoms with van der Waals surface area (Å²) in [6.45, 7) is 3.81. The number of carbonyl (C=O) groups excluding carboxylic acids is 2. The van der Waals surface area contributed by atoms with Crippen LogP contribution in [0.1, 0.15) is 43.5 Å². The molecule has 0 radical (unpaired) electrons. The van der Waals surface area contributed by atoms with Crippen molar-refractivity contribution in [2.45, 2.75) is 50.1 Å². The molecule has 1 aliphatic rings. The van der Waals surface area contributed by atoms with Gasteiger partial charge in [-0.15, -0.1) is 0 Å². The Bertz CT molecular complexity index is 1050. The Morgan fingerprint density at radius 3 is 2.25 bits per heavy atom. The highest BCUT2D eigenvalue weighted by Crippen LogP contribution is 2.22. The van der Waals surface area contributed by atoms with Crippen molar-refractivity contribution in [1.29, 1.82) is 0 Å². The molecule has 1 aliphatic carbocycles. The van der Waals surface area contributed by atoms with Gasteiger partial charge in [0.2, 0.25) is 10.0 Å². The van der Waals surface area contributed by atoms with Crippen LogP contribution in [-0.4, -0.2) is 32.3 Å². The summed E-state index contributed by atoms with van der Waals surface area (Å²) >= 11 is 5.86. The number of sulfonamides is 1. The van der Waals surface area contributed by atoms with Crippen LogP contribution in [0, 0.1) is 5.92 Å². The highest BCUT2D eigenvalue weighted by atomic mass is 35.5. The van der Waals surface area contributed by atoms with Crippen molar-refractivity contribution in [2.24, 2.45) is 5.92 Å². The Morgan fingerprint density at radius 1 is 1.06 bits per heavy atom. The van der Waals surface area contributed by atoms with E-state index >= 15 is 0 Å². The maximum absolute atomic E-state index is 12.8. The molecule has 0 aromatic heterocycles. The Morgan fingerprint density at radius 2 is 1.69 bits per heavy atom. The molecule has 4 N–H and O–H groups in total. The van der Waals surface area contributed by atoms with E-state index in [0.29, 0.717) is 22.7 Å². The van der Waals surface area contributed by atoms with Crippen LogP contribution in [0.4, 0.5) is 5.69 Å². The first-order valence-electron chi connectivity index (χ1n) is 10.4. The van der Waals surface area contributed by atoms with Gasteiger partial charge in [-0.1, -0.05) is 31.9 Å². The van der Waals surface area contributed by atoms with Crippen molar-refractivity contribution in [2.75, 3.05) is 5.43 Å². The van der Waals surface area contributed by atoms with E-state index in [1.165, 1.54) is 12.1 Å². The molecule has 0 aliphatic heterocycles. The van der Waals surface area contributed by atoms with Crippen molar-refractivity contribution >= 4 is 39.1 Å². The normalized spacial score (nSPS) is 15.5. The van der Waals surface area contributed by atoms with Crippen molar-refractivity contribution in [1.82, 2.24) is 15.5 Å². The number of nitrogens with one attached hydrogen (secondary N) is 4. The lowest BCUT2D eigenvalue weighted by molar-refractivity contribution is -0.123. The third-order valence-electron chi connectivity index (χ3n) is 5.28. The lowest BCUT2D eigenvalue weighted by Gasteiger charge is -2.24. The number of rotatable bonds is 10. The molecule has 1 fully saturated rings. The molecule has 2 aromatic rings. The van der Waals surface area contributed by atoms with E-state index in [2.05, 4.69) is 20.9 Å². The molecule has 10 heteroatoms. The summed E-state index contributed by atoms with van der Waals surface area (Å²) in [5, 5.41) is 3.29. The number of benzene rings is 2. The second kappa shape index (κ2) is 10.3. The van der Waals surface area contributed by atoms with E-state index in [1.807, 2.05) is 13.8 Å². The van der Waals surface area contributed by atoms with Gasteiger partial charge in [-0.05, 0) is 67.3 Å². The molecule has 172 valence electrons. The summed E-state index contributed by atoms with van der Waals surface area (Å²) in [5.41, 5.74) is 6.28. The topological polar surface area (TPSA) is 116 Å². The van der Waals surface area contributed by atoms with Crippen LogP contribution in [0.3, 0.4) is 0 Å². The minimum absolute atomic E-state index is 0.0256. The predicted octanol–water partition coefficient (Wildman–Crippen LogP) is 3.07. The second-order valence-electron chi connectivity index (χ2n) is 7.88. The van der Waals surface area contributed by atoms with Gasteiger partial charge < -0.3 is 5.32 Å². The molecule has 0 spiro atoms. The molecular formula is C22H27ClN4O4S. The molecule has 3 rings (SSSR count). The van der Waals surface area contributed by atoms with E-state index in [4.69, 9.17) is 11.6 Å². The fourth-order valence-electron chi connectivity index (χ4n) is 2.95. The molecule has 0 saturated heterocycles. The summed E-state index contributed by atoms with van der Waals surface area (Å²) in [5.74, 6) is -0.900.